The number of anilines is 2. The van der Waals surface area contributed by atoms with Gasteiger partial charge in [0, 0.05) is 17.8 Å². The first-order valence-corrected chi connectivity index (χ1v) is 6.75. The minimum atomic E-state index is -0.429. The molecule has 2 aromatic rings. The number of benzene rings is 2. The molecule has 1 aliphatic heterocycles. The number of rotatable bonds is 3. The van der Waals surface area contributed by atoms with Gasteiger partial charge in [-0.3, -0.25) is 4.79 Å². The molecule has 0 atom stereocenters. The van der Waals surface area contributed by atoms with Crippen molar-refractivity contribution in [1.82, 2.24) is 0 Å². The summed E-state index contributed by atoms with van der Waals surface area (Å²) in [6.07, 6.45) is 0. The van der Waals surface area contributed by atoms with Crippen molar-refractivity contribution in [2.75, 3.05) is 17.2 Å². The van der Waals surface area contributed by atoms with Gasteiger partial charge >= 0.3 is 0 Å². The SMILES string of the molecule is O=C1COc2ccc(NCc3cccc(Cl)c3F)cc2N1. The fraction of sp³-hybridized carbons (Fsp3) is 0.133. The van der Waals surface area contributed by atoms with Crippen LogP contribution < -0.4 is 15.4 Å². The first kappa shape index (κ1) is 13.7. The van der Waals surface area contributed by atoms with E-state index in [1.165, 1.54) is 6.07 Å². The zero-order valence-electron chi connectivity index (χ0n) is 11.0. The molecule has 2 aromatic carbocycles. The second kappa shape index (κ2) is 5.61. The zero-order chi connectivity index (χ0) is 14.8. The Morgan fingerprint density at radius 3 is 3.05 bits per heavy atom. The summed E-state index contributed by atoms with van der Waals surface area (Å²) in [6.45, 7) is 0.313. The summed E-state index contributed by atoms with van der Waals surface area (Å²) < 4.78 is 19.1. The van der Waals surface area contributed by atoms with Crippen molar-refractivity contribution in [2.24, 2.45) is 0 Å². The van der Waals surface area contributed by atoms with Gasteiger partial charge in [0.2, 0.25) is 0 Å². The minimum absolute atomic E-state index is 0.0213. The van der Waals surface area contributed by atoms with E-state index in [2.05, 4.69) is 10.6 Å². The molecule has 0 radical (unpaired) electrons. The lowest BCUT2D eigenvalue weighted by atomic mass is 10.2. The molecule has 1 aliphatic rings. The number of amides is 1. The monoisotopic (exact) mass is 306 g/mol. The topological polar surface area (TPSA) is 50.4 Å². The van der Waals surface area contributed by atoms with Crippen molar-refractivity contribution >= 4 is 28.9 Å². The van der Waals surface area contributed by atoms with Gasteiger partial charge in [0.05, 0.1) is 10.7 Å². The molecule has 21 heavy (non-hydrogen) atoms. The third kappa shape index (κ3) is 2.92. The number of halogens is 2. The van der Waals surface area contributed by atoms with E-state index >= 15 is 0 Å². The normalized spacial score (nSPS) is 13.1. The van der Waals surface area contributed by atoms with Crippen molar-refractivity contribution in [3.05, 3.63) is 52.8 Å². The molecule has 108 valence electrons. The quantitative estimate of drug-likeness (QED) is 0.913. The summed E-state index contributed by atoms with van der Waals surface area (Å²) in [7, 11) is 0. The third-order valence-corrected chi connectivity index (χ3v) is 3.42. The molecule has 0 saturated heterocycles. The lowest BCUT2D eigenvalue weighted by Crippen LogP contribution is -2.25. The molecule has 6 heteroatoms. The van der Waals surface area contributed by atoms with Crippen molar-refractivity contribution in [3.63, 3.8) is 0 Å². The highest BCUT2D eigenvalue weighted by Gasteiger charge is 2.16. The number of carbonyl (C=O) groups excluding carboxylic acids is 1. The molecule has 0 saturated carbocycles. The van der Waals surface area contributed by atoms with Crippen LogP contribution in [0.25, 0.3) is 0 Å². The average Bonchev–Trinajstić information content (AvgIpc) is 2.48. The van der Waals surface area contributed by atoms with Gasteiger partial charge in [-0.05, 0) is 24.3 Å². The predicted octanol–water partition coefficient (Wildman–Crippen LogP) is 3.42. The lowest BCUT2D eigenvalue weighted by molar-refractivity contribution is -0.118. The van der Waals surface area contributed by atoms with Crippen LogP contribution in [0.2, 0.25) is 5.02 Å². The smallest absolute Gasteiger partial charge is 0.262 e. The van der Waals surface area contributed by atoms with Gasteiger partial charge in [0.1, 0.15) is 11.6 Å². The summed E-state index contributed by atoms with van der Waals surface area (Å²) >= 11 is 5.74. The molecule has 0 aliphatic carbocycles. The van der Waals surface area contributed by atoms with E-state index < -0.39 is 5.82 Å². The van der Waals surface area contributed by atoms with E-state index in [4.69, 9.17) is 16.3 Å². The van der Waals surface area contributed by atoms with Gasteiger partial charge in [0.15, 0.2) is 6.61 Å². The van der Waals surface area contributed by atoms with E-state index in [0.717, 1.165) is 5.69 Å². The molecule has 0 unspecified atom stereocenters. The molecule has 1 amide bonds. The number of carbonyl (C=O) groups is 1. The number of fused-ring (bicyclic) bond motifs is 1. The number of hydrogen-bond donors (Lipinski definition) is 2. The fourth-order valence-electron chi connectivity index (χ4n) is 2.08. The second-order valence-electron chi connectivity index (χ2n) is 4.61. The average molecular weight is 307 g/mol. The van der Waals surface area contributed by atoms with Gasteiger partial charge in [-0.2, -0.15) is 0 Å². The van der Waals surface area contributed by atoms with Crippen LogP contribution >= 0.6 is 11.6 Å². The van der Waals surface area contributed by atoms with E-state index in [1.54, 1.807) is 30.3 Å². The summed E-state index contributed by atoms with van der Waals surface area (Å²) in [5, 5.41) is 5.91. The Kier molecular flexibility index (Phi) is 3.66. The van der Waals surface area contributed by atoms with Crippen molar-refractivity contribution in [2.45, 2.75) is 6.54 Å². The first-order chi connectivity index (χ1) is 10.1. The Hall–Kier alpha value is -2.27. The summed E-state index contributed by atoms with van der Waals surface area (Å²) in [5.41, 5.74) is 1.82. The lowest BCUT2D eigenvalue weighted by Gasteiger charge is -2.19. The molecule has 2 N–H and O–H groups in total. The van der Waals surface area contributed by atoms with E-state index in [-0.39, 0.29) is 17.5 Å². The van der Waals surface area contributed by atoms with Crippen LogP contribution in [0.3, 0.4) is 0 Å². The first-order valence-electron chi connectivity index (χ1n) is 6.37. The maximum absolute atomic E-state index is 13.8. The van der Waals surface area contributed by atoms with Gasteiger partial charge in [-0.15, -0.1) is 0 Å². The maximum atomic E-state index is 13.8. The van der Waals surface area contributed by atoms with Crippen molar-refractivity contribution < 1.29 is 13.9 Å². The standard InChI is InChI=1S/C15H12ClFN2O2/c16-11-3-1-2-9(15(11)17)7-18-10-4-5-13-12(6-10)19-14(20)8-21-13/h1-6,18H,7-8H2,(H,19,20). The fourth-order valence-corrected chi connectivity index (χ4v) is 2.27. The van der Waals surface area contributed by atoms with Crippen LogP contribution in [0.15, 0.2) is 36.4 Å². The molecule has 3 rings (SSSR count). The Morgan fingerprint density at radius 1 is 1.33 bits per heavy atom. The Morgan fingerprint density at radius 2 is 2.19 bits per heavy atom. The van der Waals surface area contributed by atoms with E-state index in [0.29, 0.717) is 23.5 Å². The predicted molar refractivity (Wildman–Crippen MR) is 79.3 cm³/mol. The highest BCUT2D eigenvalue weighted by molar-refractivity contribution is 6.30. The molecule has 1 heterocycles. The van der Waals surface area contributed by atoms with Crippen LogP contribution in [-0.4, -0.2) is 12.5 Å². The zero-order valence-corrected chi connectivity index (χ0v) is 11.7. The van der Waals surface area contributed by atoms with Gasteiger partial charge < -0.3 is 15.4 Å². The van der Waals surface area contributed by atoms with E-state index in [1.807, 2.05) is 0 Å². The Labute approximate surface area is 125 Å². The van der Waals surface area contributed by atoms with Gasteiger partial charge in [0.25, 0.3) is 5.91 Å². The van der Waals surface area contributed by atoms with Gasteiger partial charge in [-0.1, -0.05) is 23.7 Å². The number of nitrogens with one attached hydrogen (secondary N) is 2. The molecule has 4 nitrogen and oxygen atoms in total. The van der Waals surface area contributed by atoms with Crippen LogP contribution in [-0.2, 0) is 11.3 Å². The summed E-state index contributed by atoms with van der Waals surface area (Å²) in [6, 6.07) is 10.2. The Bertz CT molecular complexity index is 706. The molecule has 0 fully saturated rings. The van der Waals surface area contributed by atoms with Crippen molar-refractivity contribution in [1.29, 1.82) is 0 Å². The minimum Gasteiger partial charge on any atom is -0.482 e. The second-order valence-corrected chi connectivity index (χ2v) is 5.02. The molecular weight excluding hydrogens is 295 g/mol. The Balaban J connectivity index is 1.75. The highest BCUT2D eigenvalue weighted by atomic mass is 35.5. The van der Waals surface area contributed by atoms with Crippen LogP contribution in [0.4, 0.5) is 15.8 Å². The third-order valence-electron chi connectivity index (χ3n) is 3.13. The highest BCUT2D eigenvalue weighted by Crippen LogP contribution is 2.30. The largest absolute Gasteiger partial charge is 0.482 e. The maximum Gasteiger partial charge on any atom is 0.262 e. The summed E-state index contributed by atoms with van der Waals surface area (Å²) in [4.78, 5) is 11.3. The van der Waals surface area contributed by atoms with Crippen LogP contribution in [0.1, 0.15) is 5.56 Å². The van der Waals surface area contributed by atoms with Gasteiger partial charge in [-0.25, -0.2) is 4.39 Å². The number of hydrogen-bond acceptors (Lipinski definition) is 3. The molecular formula is C15H12ClFN2O2. The summed E-state index contributed by atoms with van der Waals surface area (Å²) in [5.74, 6) is -0.00381. The number of ether oxygens (including phenoxy) is 1. The molecule has 0 aromatic heterocycles. The van der Waals surface area contributed by atoms with Crippen LogP contribution in [0, 0.1) is 5.82 Å². The van der Waals surface area contributed by atoms with Crippen LogP contribution in [0.5, 0.6) is 5.75 Å². The van der Waals surface area contributed by atoms with Crippen molar-refractivity contribution in [3.8, 4) is 5.75 Å². The van der Waals surface area contributed by atoms with E-state index in [9.17, 15) is 9.18 Å². The molecule has 0 bridgehead atoms. The molecule has 0 spiro atoms.